The molecule has 3 aromatic carbocycles. The molecule has 1 heterocycles. The minimum absolute atomic E-state index is 0.420. The summed E-state index contributed by atoms with van der Waals surface area (Å²) in [5.74, 6) is -0.420. The van der Waals surface area contributed by atoms with Crippen molar-refractivity contribution in [3.8, 4) is 4.90 Å². The summed E-state index contributed by atoms with van der Waals surface area (Å²) < 4.78 is 45.5. The Balaban J connectivity index is 1.98. The van der Waals surface area contributed by atoms with Crippen molar-refractivity contribution in [2.45, 2.75) is 6.18 Å². The molecule has 1 aromatic heterocycles. The number of rotatable bonds is 2. The van der Waals surface area contributed by atoms with E-state index in [0.29, 0.717) is 5.56 Å². The van der Waals surface area contributed by atoms with E-state index >= 15 is 0 Å². The molecule has 0 N–H and O–H groups in total. The van der Waals surface area contributed by atoms with Gasteiger partial charge in [0.1, 0.15) is 0 Å². The van der Waals surface area contributed by atoms with Gasteiger partial charge in [-0.3, -0.25) is 0 Å². The number of alkyl halides is 3. The van der Waals surface area contributed by atoms with Crippen LogP contribution in [0, 0.1) is 0 Å². The maximum absolute atomic E-state index is 12.9. The number of hydrogen-bond donors (Lipinski definition) is 0. The highest BCUT2D eigenvalue weighted by Gasteiger charge is 2.31. The molecular formula is C21H14F3O2S+. The number of fused-ring (bicyclic) bond motifs is 3. The van der Waals surface area contributed by atoms with Crippen molar-refractivity contribution in [1.29, 1.82) is 0 Å². The van der Waals surface area contributed by atoms with Crippen LogP contribution in [0.1, 0.15) is 15.9 Å². The number of carbonyl (C=O) groups excluding carboxylic acids is 1. The highest BCUT2D eigenvalue weighted by molar-refractivity contribution is 7.50. The fourth-order valence-corrected chi connectivity index (χ4v) is 5.54. The molecule has 0 aliphatic heterocycles. The lowest BCUT2D eigenvalue weighted by molar-refractivity contribution is -0.137. The van der Waals surface area contributed by atoms with E-state index < -0.39 is 28.2 Å². The third kappa shape index (κ3) is 2.96. The Labute approximate surface area is 155 Å². The third-order valence-electron chi connectivity index (χ3n) is 4.44. The van der Waals surface area contributed by atoms with Crippen molar-refractivity contribution in [2.75, 3.05) is 7.11 Å². The largest absolute Gasteiger partial charge is 0.465 e. The van der Waals surface area contributed by atoms with Gasteiger partial charge >= 0.3 is 12.1 Å². The lowest BCUT2D eigenvalue weighted by atomic mass is 10.1. The van der Waals surface area contributed by atoms with Crippen LogP contribution < -0.4 is 0 Å². The topological polar surface area (TPSA) is 26.3 Å². The summed E-state index contributed by atoms with van der Waals surface area (Å²) in [5, 5.41) is 1.90. The van der Waals surface area contributed by atoms with Crippen LogP contribution in [-0.2, 0) is 10.9 Å². The Morgan fingerprint density at radius 1 is 0.889 bits per heavy atom. The second-order valence-corrected chi connectivity index (χ2v) is 7.99. The van der Waals surface area contributed by atoms with Gasteiger partial charge in [-0.05, 0) is 54.6 Å². The highest BCUT2D eigenvalue weighted by Crippen LogP contribution is 2.48. The predicted octanol–water partition coefficient (Wildman–Crippen LogP) is 6.54. The molecule has 6 heteroatoms. The normalized spacial score (nSPS) is 12.5. The molecule has 1 unspecified atom stereocenters. The zero-order chi connectivity index (χ0) is 19.2. The Kier molecular flexibility index (Phi) is 4.15. The van der Waals surface area contributed by atoms with Crippen molar-refractivity contribution < 1.29 is 22.7 Å². The molecular weight excluding hydrogens is 373 g/mol. The van der Waals surface area contributed by atoms with Gasteiger partial charge < -0.3 is 4.74 Å². The Bertz CT molecular complexity index is 1160. The monoisotopic (exact) mass is 387 g/mol. The van der Waals surface area contributed by atoms with Gasteiger partial charge in [0.25, 0.3) is 0 Å². The van der Waals surface area contributed by atoms with Gasteiger partial charge in [-0.1, -0.05) is 12.1 Å². The summed E-state index contributed by atoms with van der Waals surface area (Å²) in [6.07, 6.45) is -4.36. The zero-order valence-corrected chi connectivity index (χ0v) is 15.0. The molecule has 4 aromatic rings. The van der Waals surface area contributed by atoms with Crippen molar-refractivity contribution in [1.82, 2.24) is 0 Å². The number of hydrogen-bond acceptors (Lipinski definition) is 2. The first-order valence-corrected chi connectivity index (χ1v) is 9.36. The number of halogens is 3. The molecule has 136 valence electrons. The molecule has 0 spiro atoms. The van der Waals surface area contributed by atoms with E-state index in [1.807, 2.05) is 30.3 Å². The Hall–Kier alpha value is -2.86. The lowest BCUT2D eigenvalue weighted by Gasteiger charge is -2.05. The van der Waals surface area contributed by atoms with Crippen molar-refractivity contribution >= 4 is 36.6 Å². The van der Waals surface area contributed by atoms with Crippen LogP contribution in [0.3, 0.4) is 0 Å². The van der Waals surface area contributed by atoms with Gasteiger partial charge in [-0.25, -0.2) is 4.79 Å². The highest BCUT2D eigenvalue weighted by atomic mass is 32.2. The van der Waals surface area contributed by atoms with Crippen LogP contribution in [0.25, 0.3) is 25.1 Å². The zero-order valence-electron chi connectivity index (χ0n) is 14.2. The number of thiophene rings is 1. The lowest BCUT2D eigenvalue weighted by Crippen LogP contribution is -2.03. The Morgan fingerprint density at radius 2 is 1.56 bits per heavy atom. The van der Waals surface area contributed by atoms with E-state index in [1.165, 1.54) is 19.2 Å². The molecule has 0 fully saturated rings. The number of benzene rings is 3. The second kappa shape index (κ2) is 6.39. The van der Waals surface area contributed by atoms with Crippen LogP contribution in [0.4, 0.5) is 13.2 Å². The summed E-state index contributed by atoms with van der Waals surface area (Å²) in [6.45, 7) is 0. The maximum atomic E-state index is 12.9. The average molecular weight is 387 g/mol. The van der Waals surface area contributed by atoms with Gasteiger partial charge in [0.2, 0.25) is 0 Å². The number of esters is 1. The molecule has 2 nitrogen and oxygen atoms in total. The number of carbonyl (C=O) groups is 1. The number of ether oxygens (including phenoxy) is 1. The van der Waals surface area contributed by atoms with Crippen LogP contribution in [0.15, 0.2) is 66.7 Å². The predicted molar refractivity (Wildman–Crippen MR) is 102 cm³/mol. The molecule has 0 aliphatic carbocycles. The fraction of sp³-hybridized carbons (Fsp3) is 0.0952. The van der Waals surface area contributed by atoms with Crippen LogP contribution in [0.2, 0.25) is 0 Å². The maximum Gasteiger partial charge on any atom is 0.416 e. The van der Waals surface area contributed by atoms with E-state index in [1.54, 1.807) is 12.1 Å². The van der Waals surface area contributed by atoms with E-state index in [0.717, 1.165) is 37.2 Å². The van der Waals surface area contributed by atoms with E-state index in [-0.39, 0.29) is 0 Å². The first-order chi connectivity index (χ1) is 12.9. The molecule has 0 amide bonds. The molecule has 0 bridgehead atoms. The molecule has 4 rings (SSSR count). The molecule has 0 aliphatic rings. The van der Waals surface area contributed by atoms with Crippen LogP contribution >= 0.6 is 10.5 Å². The summed E-state index contributed by atoms with van der Waals surface area (Å²) in [6, 6.07) is 18.4. The van der Waals surface area contributed by atoms with Crippen LogP contribution in [-0.4, -0.2) is 13.1 Å². The van der Waals surface area contributed by atoms with E-state index in [2.05, 4.69) is 0 Å². The van der Waals surface area contributed by atoms with E-state index in [4.69, 9.17) is 4.74 Å². The molecule has 0 saturated carbocycles. The van der Waals surface area contributed by atoms with Crippen LogP contribution in [0.5, 0.6) is 0 Å². The van der Waals surface area contributed by atoms with Gasteiger partial charge in [-0.15, -0.1) is 0 Å². The molecule has 27 heavy (non-hydrogen) atoms. The van der Waals surface area contributed by atoms with Gasteiger partial charge in [0.15, 0.2) is 14.3 Å². The minimum Gasteiger partial charge on any atom is -0.465 e. The second-order valence-electron chi connectivity index (χ2n) is 6.03. The SMILES string of the molecule is COC(=O)c1ccc2c(c1)c1ccccc1[s+]2-c1ccc(C(F)(F)F)cc1. The van der Waals surface area contributed by atoms with E-state index in [9.17, 15) is 18.0 Å². The van der Waals surface area contributed by atoms with Gasteiger partial charge in [0.05, 0.1) is 18.2 Å². The Morgan fingerprint density at radius 3 is 2.22 bits per heavy atom. The quantitative estimate of drug-likeness (QED) is 0.288. The summed E-state index contributed by atoms with van der Waals surface area (Å²) in [5.41, 5.74) is -0.215. The summed E-state index contributed by atoms with van der Waals surface area (Å²) in [7, 11) is 0.811. The minimum atomic E-state index is -4.36. The summed E-state index contributed by atoms with van der Waals surface area (Å²) in [4.78, 5) is 12.7. The first-order valence-electron chi connectivity index (χ1n) is 8.13. The average Bonchev–Trinajstić information content (AvgIpc) is 3.00. The molecule has 0 saturated heterocycles. The van der Waals surface area contributed by atoms with Crippen molar-refractivity contribution in [3.05, 3.63) is 77.9 Å². The standard InChI is InChI=1S/C21H14F3O2S/c1-26-20(25)13-6-11-19-17(12-13)16-4-2-3-5-18(16)27(19)15-9-7-14(8-10-15)21(22,23)24/h2-12H,1H3/q+1. The van der Waals surface area contributed by atoms with Crippen molar-refractivity contribution in [2.24, 2.45) is 0 Å². The first kappa shape index (κ1) is 17.5. The summed E-state index contributed by atoms with van der Waals surface area (Å²) >= 11 is 0. The fourth-order valence-electron chi connectivity index (χ4n) is 3.18. The molecule has 0 radical (unpaired) electrons. The third-order valence-corrected chi connectivity index (χ3v) is 6.77. The van der Waals surface area contributed by atoms with Gasteiger partial charge in [-0.2, -0.15) is 13.2 Å². The number of methoxy groups -OCH3 is 1. The smallest absolute Gasteiger partial charge is 0.416 e. The van der Waals surface area contributed by atoms with Gasteiger partial charge in [0, 0.05) is 21.2 Å². The molecule has 1 atom stereocenters. The van der Waals surface area contributed by atoms with Crippen molar-refractivity contribution in [3.63, 3.8) is 0 Å².